The number of amides is 2. The third-order valence-corrected chi connectivity index (χ3v) is 5.11. The van der Waals surface area contributed by atoms with Crippen LogP contribution in [0, 0.1) is 25.2 Å². The number of nitrogens with zero attached hydrogens (tertiary/aromatic N) is 1. The molecule has 6 nitrogen and oxygen atoms in total. The van der Waals surface area contributed by atoms with Gasteiger partial charge in [-0.1, -0.05) is 46.9 Å². The number of aryl methyl sites for hydroxylation is 2. The van der Waals surface area contributed by atoms with Crippen LogP contribution in [-0.2, 0) is 10.4 Å². The molecule has 0 aliphatic carbocycles. The molecule has 188 valence electrons. The average molecular weight is 555 g/mol. The second-order valence-corrected chi connectivity index (χ2v) is 10.2. The van der Waals surface area contributed by atoms with E-state index in [1.54, 1.807) is 0 Å². The van der Waals surface area contributed by atoms with E-state index in [0.717, 1.165) is 12.1 Å². The van der Waals surface area contributed by atoms with Crippen LogP contribution in [0.15, 0.2) is 30.3 Å². The van der Waals surface area contributed by atoms with E-state index in [9.17, 15) is 32.4 Å². The largest absolute Gasteiger partial charge is 0.445 e. The van der Waals surface area contributed by atoms with E-state index >= 15 is 0 Å². The first kappa shape index (κ1) is 28.5. The number of carbonyl (C=O) groups excluding carboxylic acids is 2. The summed E-state index contributed by atoms with van der Waals surface area (Å²) >= 11 is 16.5. The van der Waals surface area contributed by atoms with Crippen molar-refractivity contribution in [2.24, 2.45) is 0 Å². The van der Waals surface area contributed by atoms with Crippen LogP contribution in [0.4, 0.5) is 33.7 Å². The Hall–Kier alpha value is -2.74. The molecule has 0 saturated heterocycles. The third-order valence-electron chi connectivity index (χ3n) is 4.78. The predicted molar refractivity (Wildman–Crippen MR) is 125 cm³/mol. The monoisotopic (exact) mass is 553 g/mol. The number of halogens is 7. The van der Waals surface area contributed by atoms with Crippen LogP contribution in [0.5, 0.6) is 0 Å². The summed E-state index contributed by atoms with van der Waals surface area (Å²) in [5.41, 5.74) is -3.69. The van der Waals surface area contributed by atoms with E-state index in [2.05, 4.69) is 10.6 Å². The number of nitrogens with one attached hydrogen (secondary N) is 2. The van der Waals surface area contributed by atoms with E-state index in [4.69, 9.17) is 39.5 Å². The van der Waals surface area contributed by atoms with Crippen molar-refractivity contribution in [2.75, 3.05) is 17.2 Å². The minimum atomic E-state index is -5.13. The highest BCUT2D eigenvalue weighted by Gasteiger charge is 2.53. The Morgan fingerprint density at radius 2 is 1.57 bits per heavy atom. The first-order valence-corrected chi connectivity index (χ1v) is 10.8. The van der Waals surface area contributed by atoms with Gasteiger partial charge in [0.15, 0.2) is 0 Å². The summed E-state index contributed by atoms with van der Waals surface area (Å²) < 4.78 is 56.6. The molecule has 0 bridgehead atoms. The lowest BCUT2D eigenvalue weighted by atomic mass is 9.92. The molecule has 0 aliphatic rings. The normalized spacial score (nSPS) is 13.4. The molecule has 0 aromatic heterocycles. The number of nitriles is 1. The topological polar surface area (TPSA) is 91.2 Å². The van der Waals surface area contributed by atoms with E-state index < -0.39 is 39.8 Å². The molecule has 2 aromatic carbocycles. The van der Waals surface area contributed by atoms with Crippen molar-refractivity contribution < 1.29 is 31.9 Å². The van der Waals surface area contributed by atoms with Crippen LogP contribution in [0.2, 0.25) is 0 Å². The third kappa shape index (κ3) is 7.37. The zero-order chi connectivity index (χ0) is 26.8. The minimum Gasteiger partial charge on any atom is -0.445 e. The van der Waals surface area contributed by atoms with Crippen LogP contribution in [0.25, 0.3) is 0 Å². The van der Waals surface area contributed by atoms with Gasteiger partial charge in [0, 0.05) is 16.9 Å². The average Bonchev–Trinajstić information content (AvgIpc) is 2.72. The number of hydrogen-bond acceptors (Lipinski definition) is 4. The summed E-state index contributed by atoms with van der Waals surface area (Å²) in [6.07, 6.45) is -6.14. The minimum absolute atomic E-state index is 0.0106. The smallest absolute Gasteiger partial charge is 0.426 e. The summed E-state index contributed by atoms with van der Waals surface area (Å²) in [6.45, 7) is 2.69. The molecular formula is C22H18Cl3F4N3O3. The van der Waals surface area contributed by atoms with Gasteiger partial charge < -0.3 is 10.1 Å². The first-order valence-electron chi connectivity index (χ1n) is 9.69. The molecule has 2 rings (SSSR count). The Morgan fingerprint density at radius 3 is 2.06 bits per heavy atom. The summed E-state index contributed by atoms with van der Waals surface area (Å²) in [5, 5.41) is 14.1. The quantitative estimate of drug-likeness (QED) is 0.305. The van der Waals surface area contributed by atoms with Gasteiger partial charge in [0.05, 0.1) is 11.6 Å². The molecule has 1 unspecified atom stereocenters. The lowest BCUT2D eigenvalue weighted by Crippen LogP contribution is -2.35. The molecule has 0 saturated carbocycles. The Balaban J connectivity index is 2.31. The van der Waals surface area contributed by atoms with Crippen LogP contribution in [0.1, 0.15) is 39.5 Å². The highest BCUT2D eigenvalue weighted by atomic mass is 35.6. The van der Waals surface area contributed by atoms with E-state index in [1.165, 1.54) is 32.0 Å². The van der Waals surface area contributed by atoms with E-state index in [-0.39, 0.29) is 33.6 Å². The fourth-order valence-corrected chi connectivity index (χ4v) is 3.14. The van der Waals surface area contributed by atoms with Crippen molar-refractivity contribution in [3.05, 3.63) is 58.1 Å². The number of alkyl halides is 7. The maximum absolute atomic E-state index is 14.4. The van der Waals surface area contributed by atoms with Crippen LogP contribution in [0.3, 0.4) is 0 Å². The molecule has 0 fully saturated rings. The van der Waals surface area contributed by atoms with E-state index in [1.807, 2.05) is 6.07 Å². The molecular weight excluding hydrogens is 537 g/mol. The van der Waals surface area contributed by atoms with Crippen LogP contribution < -0.4 is 10.6 Å². The second-order valence-electron chi connectivity index (χ2n) is 7.67. The van der Waals surface area contributed by atoms with Crippen molar-refractivity contribution in [2.45, 2.75) is 36.4 Å². The van der Waals surface area contributed by atoms with Gasteiger partial charge in [0.25, 0.3) is 5.91 Å². The molecule has 0 heterocycles. The molecule has 0 aliphatic heterocycles. The zero-order valence-corrected chi connectivity index (χ0v) is 20.7. The Kier molecular flexibility index (Phi) is 8.53. The molecule has 13 heteroatoms. The number of anilines is 2. The van der Waals surface area contributed by atoms with Gasteiger partial charge in [0.1, 0.15) is 6.61 Å². The van der Waals surface area contributed by atoms with Crippen molar-refractivity contribution in [1.29, 1.82) is 5.26 Å². The maximum Gasteiger partial charge on any atom is 0.426 e. The van der Waals surface area contributed by atoms with Gasteiger partial charge in [-0.3, -0.25) is 10.1 Å². The van der Waals surface area contributed by atoms with Gasteiger partial charge in [-0.25, -0.2) is 9.18 Å². The van der Waals surface area contributed by atoms with Gasteiger partial charge in [-0.15, -0.1) is 0 Å². The van der Waals surface area contributed by atoms with Crippen molar-refractivity contribution in [3.63, 3.8) is 0 Å². The molecule has 0 spiro atoms. The highest BCUT2D eigenvalue weighted by Crippen LogP contribution is 2.43. The number of ether oxygens (including phenoxy) is 1. The molecule has 2 amide bonds. The number of benzene rings is 2. The van der Waals surface area contributed by atoms with Crippen molar-refractivity contribution in [3.8, 4) is 6.07 Å². The summed E-state index contributed by atoms with van der Waals surface area (Å²) in [7, 11) is 0. The van der Waals surface area contributed by atoms with Gasteiger partial charge in [0.2, 0.25) is 9.46 Å². The van der Waals surface area contributed by atoms with Crippen LogP contribution >= 0.6 is 34.8 Å². The fourth-order valence-electron chi connectivity index (χ4n) is 2.98. The van der Waals surface area contributed by atoms with E-state index in [0.29, 0.717) is 6.92 Å². The zero-order valence-electron chi connectivity index (χ0n) is 18.4. The molecule has 1 atom stereocenters. The fraction of sp³-hybridized carbons (Fsp3) is 0.318. The Bertz CT molecular complexity index is 1170. The number of rotatable bonds is 5. The SMILES string of the molecule is Cc1cc(C(C)(F)C(F)(F)F)cc(C)c1NC(=O)c1cc(C#N)cc(NC(=O)OCC(Cl)(Cl)Cl)c1. The van der Waals surface area contributed by atoms with Crippen molar-refractivity contribution >= 4 is 58.2 Å². The summed E-state index contributed by atoms with van der Waals surface area (Å²) in [5.74, 6) is -0.738. The van der Waals surface area contributed by atoms with Gasteiger partial charge in [-0.2, -0.15) is 18.4 Å². The number of hydrogen-bond donors (Lipinski definition) is 2. The molecule has 2 aromatic rings. The highest BCUT2D eigenvalue weighted by molar-refractivity contribution is 6.67. The predicted octanol–water partition coefficient (Wildman–Crippen LogP) is 7.09. The standard InChI is InChI=1S/C22H18Cl3F4N3O3/c1-11-4-15(20(3,26)22(27,28)29)5-12(2)17(11)32-18(33)14-6-13(9-30)7-16(8-14)31-19(34)35-10-21(23,24)25/h4-8H,10H2,1-3H3,(H,31,34)(H,32,33). The Morgan fingerprint density at radius 1 is 1.00 bits per heavy atom. The molecule has 0 radical (unpaired) electrons. The number of carbonyl (C=O) groups is 2. The molecule has 2 N–H and O–H groups in total. The second kappa shape index (κ2) is 10.5. The maximum atomic E-state index is 14.4. The van der Waals surface area contributed by atoms with Gasteiger partial charge >= 0.3 is 12.3 Å². The summed E-state index contributed by atoms with van der Waals surface area (Å²) in [6, 6.07) is 7.55. The lowest BCUT2D eigenvalue weighted by Gasteiger charge is -2.25. The van der Waals surface area contributed by atoms with Gasteiger partial charge in [-0.05, 0) is 55.7 Å². The summed E-state index contributed by atoms with van der Waals surface area (Å²) in [4.78, 5) is 24.8. The first-order chi connectivity index (χ1) is 15.9. The van der Waals surface area contributed by atoms with Crippen LogP contribution in [-0.4, -0.2) is 28.6 Å². The molecule has 35 heavy (non-hydrogen) atoms. The Labute approximate surface area is 213 Å². The lowest BCUT2D eigenvalue weighted by molar-refractivity contribution is -0.228. The van der Waals surface area contributed by atoms with Crippen molar-refractivity contribution in [1.82, 2.24) is 0 Å².